The van der Waals surface area contributed by atoms with E-state index in [1.165, 1.54) is 0 Å². The molecule has 0 bridgehead atoms. The van der Waals surface area contributed by atoms with Crippen LogP contribution in [0.25, 0.3) is 0 Å². The average molecular weight is 290 g/mol. The van der Waals surface area contributed by atoms with E-state index in [0.29, 0.717) is 13.1 Å². The van der Waals surface area contributed by atoms with Crippen LogP contribution in [0.1, 0.15) is 31.2 Å². The predicted molar refractivity (Wildman–Crippen MR) is 79.9 cm³/mol. The third-order valence-corrected chi connectivity index (χ3v) is 3.09. The molecule has 6 nitrogen and oxygen atoms in total. The van der Waals surface area contributed by atoms with Gasteiger partial charge in [0, 0.05) is 20.1 Å². The Morgan fingerprint density at radius 1 is 1.29 bits per heavy atom. The maximum absolute atomic E-state index is 10.1. The third-order valence-electron chi connectivity index (χ3n) is 3.09. The zero-order chi connectivity index (χ0) is 15.2. The first kappa shape index (κ1) is 15.5. The maximum Gasteiger partial charge on any atom is 0.119 e. The fraction of sp³-hybridized carbons (Fsp3) is 0.467. The summed E-state index contributed by atoms with van der Waals surface area (Å²) in [5.74, 6) is 0.815. The Bertz CT molecular complexity index is 551. The number of ether oxygens (including phenoxy) is 1. The zero-order valence-electron chi connectivity index (χ0n) is 12.7. The lowest BCUT2D eigenvalue weighted by molar-refractivity contribution is 0.174. The van der Waals surface area contributed by atoms with Gasteiger partial charge in [0.15, 0.2) is 0 Å². The number of hydrogen-bond acceptors (Lipinski definition) is 5. The molecule has 2 rings (SSSR count). The zero-order valence-corrected chi connectivity index (χ0v) is 12.7. The van der Waals surface area contributed by atoms with Crippen molar-refractivity contribution < 1.29 is 9.84 Å². The lowest BCUT2D eigenvalue weighted by Crippen LogP contribution is -2.22. The molecule has 2 N–H and O–H groups in total. The number of rotatable bonds is 7. The molecule has 1 aromatic heterocycles. The van der Waals surface area contributed by atoms with Gasteiger partial charge >= 0.3 is 0 Å². The van der Waals surface area contributed by atoms with Crippen molar-refractivity contribution in [3.05, 3.63) is 41.7 Å². The van der Waals surface area contributed by atoms with Crippen LogP contribution in [0.2, 0.25) is 0 Å². The summed E-state index contributed by atoms with van der Waals surface area (Å²) in [4.78, 5) is 0. The van der Waals surface area contributed by atoms with Gasteiger partial charge in [0.05, 0.1) is 24.1 Å². The van der Waals surface area contributed by atoms with Crippen LogP contribution in [0.15, 0.2) is 30.5 Å². The molecule has 114 valence electrons. The van der Waals surface area contributed by atoms with Crippen molar-refractivity contribution in [1.82, 2.24) is 20.3 Å². The van der Waals surface area contributed by atoms with Crippen molar-refractivity contribution in [1.29, 1.82) is 0 Å². The fourth-order valence-electron chi connectivity index (χ4n) is 1.97. The van der Waals surface area contributed by atoms with Gasteiger partial charge in [0.2, 0.25) is 0 Å². The smallest absolute Gasteiger partial charge is 0.119 e. The molecule has 2 aromatic rings. The molecule has 0 aliphatic carbocycles. The van der Waals surface area contributed by atoms with Crippen molar-refractivity contribution in [2.45, 2.75) is 32.6 Å². The van der Waals surface area contributed by atoms with Crippen LogP contribution in [0.4, 0.5) is 0 Å². The van der Waals surface area contributed by atoms with Crippen molar-refractivity contribution in [3.63, 3.8) is 0 Å². The Kier molecular flexibility index (Phi) is 5.30. The summed E-state index contributed by atoms with van der Waals surface area (Å²) < 4.78 is 7.28. The normalized spacial score (nSPS) is 12.6. The first-order chi connectivity index (χ1) is 10.1. The molecule has 0 amide bonds. The Balaban J connectivity index is 1.82. The van der Waals surface area contributed by atoms with E-state index in [9.17, 15) is 5.11 Å². The highest BCUT2D eigenvalue weighted by Gasteiger charge is 2.08. The minimum absolute atomic E-state index is 0.148. The highest BCUT2D eigenvalue weighted by atomic mass is 16.5. The van der Waals surface area contributed by atoms with E-state index in [4.69, 9.17) is 4.74 Å². The standard InChI is InChI=1S/C15H22N4O2/c1-11(2)21-14-6-4-12(5-7-14)15(20)10-16-8-13-9-17-18-19(13)3/h4-7,9,11,15-16,20H,8,10H2,1-3H3. The van der Waals surface area contributed by atoms with E-state index in [1.807, 2.05) is 45.2 Å². The molecule has 0 aliphatic rings. The maximum atomic E-state index is 10.1. The number of aryl methyl sites for hydroxylation is 1. The van der Waals surface area contributed by atoms with Gasteiger partial charge in [-0.15, -0.1) is 5.10 Å². The van der Waals surface area contributed by atoms with Crippen LogP contribution in [0, 0.1) is 0 Å². The van der Waals surface area contributed by atoms with Crippen LogP contribution < -0.4 is 10.1 Å². The molecule has 0 radical (unpaired) electrons. The van der Waals surface area contributed by atoms with Crippen LogP contribution in [0.5, 0.6) is 5.75 Å². The number of hydrogen-bond donors (Lipinski definition) is 2. The van der Waals surface area contributed by atoms with E-state index >= 15 is 0 Å². The molecule has 1 unspecified atom stereocenters. The summed E-state index contributed by atoms with van der Waals surface area (Å²) in [6.45, 7) is 5.06. The minimum Gasteiger partial charge on any atom is -0.491 e. The first-order valence-corrected chi connectivity index (χ1v) is 7.05. The van der Waals surface area contributed by atoms with Crippen LogP contribution in [-0.4, -0.2) is 32.7 Å². The van der Waals surface area contributed by atoms with Gasteiger partial charge in [-0.2, -0.15) is 0 Å². The summed E-state index contributed by atoms with van der Waals surface area (Å²) in [7, 11) is 1.84. The topological polar surface area (TPSA) is 72.2 Å². The Morgan fingerprint density at radius 2 is 2.00 bits per heavy atom. The Labute approximate surface area is 124 Å². The molecule has 1 atom stereocenters. The van der Waals surface area contributed by atoms with Crippen molar-refractivity contribution >= 4 is 0 Å². The summed E-state index contributed by atoms with van der Waals surface area (Å²) in [6, 6.07) is 7.53. The number of aliphatic hydroxyl groups excluding tert-OH is 1. The summed E-state index contributed by atoms with van der Waals surface area (Å²) in [5, 5.41) is 21.0. The van der Waals surface area contributed by atoms with Crippen LogP contribution in [-0.2, 0) is 13.6 Å². The van der Waals surface area contributed by atoms with Crippen molar-refractivity contribution in [2.75, 3.05) is 6.54 Å². The molecule has 6 heteroatoms. The van der Waals surface area contributed by atoms with Crippen LogP contribution >= 0.6 is 0 Å². The van der Waals surface area contributed by atoms with Gasteiger partial charge in [-0.25, -0.2) is 0 Å². The highest BCUT2D eigenvalue weighted by molar-refractivity contribution is 5.28. The van der Waals surface area contributed by atoms with E-state index in [2.05, 4.69) is 15.6 Å². The molecule has 1 heterocycles. The second-order valence-electron chi connectivity index (χ2n) is 5.23. The SMILES string of the molecule is CC(C)Oc1ccc(C(O)CNCc2cnnn2C)cc1. The number of nitrogens with one attached hydrogen (secondary N) is 1. The van der Waals surface area contributed by atoms with E-state index < -0.39 is 6.10 Å². The fourth-order valence-corrected chi connectivity index (χ4v) is 1.97. The van der Waals surface area contributed by atoms with E-state index in [-0.39, 0.29) is 6.10 Å². The van der Waals surface area contributed by atoms with Gasteiger partial charge in [0.1, 0.15) is 5.75 Å². The Hall–Kier alpha value is -1.92. The molecule has 0 saturated heterocycles. The number of benzene rings is 1. The summed E-state index contributed by atoms with van der Waals surface area (Å²) >= 11 is 0. The second-order valence-corrected chi connectivity index (χ2v) is 5.23. The molecule has 0 fully saturated rings. The molecular weight excluding hydrogens is 268 g/mol. The lowest BCUT2D eigenvalue weighted by Gasteiger charge is -2.14. The van der Waals surface area contributed by atoms with E-state index in [0.717, 1.165) is 17.0 Å². The van der Waals surface area contributed by atoms with Gasteiger partial charge in [-0.3, -0.25) is 4.68 Å². The second kappa shape index (κ2) is 7.19. The van der Waals surface area contributed by atoms with Gasteiger partial charge in [-0.1, -0.05) is 17.3 Å². The third kappa shape index (κ3) is 4.54. The molecule has 0 saturated carbocycles. The van der Waals surface area contributed by atoms with Crippen molar-refractivity contribution in [2.24, 2.45) is 7.05 Å². The van der Waals surface area contributed by atoms with Gasteiger partial charge in [0.25, 0.3) is 0 Å². The quantitative estimate of drug-likeness (QED) is 0.807. The number of nitrogens with zero attached hydrogens (tertiary/aromatic N) is 3. The van der Waals surface area contributed by atoms with Gasteiger partial charge < -0.3 is 15.2 Å². The lowest BCUT2D eigenvalue weighted by atomic mass is 10.1. The molecular formula is C15H22N4O2. The predicted octanol–water partition coefficient (Wildman–Crippen LogP) is 1.43. The molecule has 0 spiro atoms. The van der Waals surface area contributed by atoms with Crippen molar-refractivity contribution in [3.8, 4) is 5.75 Å². The average Bonchev–Trinajstić information content (AvgIpc) is 2.84. The summed E-state index contributed by atoms with van der Waals surface area (Å²) in [5.41, 5.74) is 1.84. The largest absolute Gasteiger partial charge is 0.491 e. The summed E-state index contributed by atoms with van der Waals surface area (Å²) in [6.07, 6.45) is 1.30. The van der Waals surface area contributed by atoms with Crippen LogP contribution in [0.3, 0.4) is 0 Å². The molecule has 1 aromatic carbocycles. The number of aromatic nitrogens is 3. The van der Waals surface area contributed by atoms with Gasteiger partial charge in [-0.05, 0) is 31.5 Å². The number of aliphatic hydroxyl groups is 1. The Morgan fingerprint density at radius 3 is 2.57 bits per heavy atom. The monoisotopic (exact) mass is 290 g/mol. The molecule has 0 aliphatic heterocycles. The molecule has 21 heavy (non-hydrogen) atoms. The first-order valence-electron chi connectivity index (χ1n) is 7.05. The van der Waals surface area contributed by atoms with E-state index in [1.54, 1.807) is 10.9 Å². The highest BCUT2D eigenvalue weighted by Crippen LogP contribution is 2.18. The minimum atomic E-state index is -0.556.